The van der Waals surface area contributed by atoms with Gasteiger partial charge in [-0.05, 0) is 123 Å². The zero-order valence-corrected chi connectivity index (χ0v) is 67.0. The minimum absolute atomic E-state index is 0.0276. The number of likely N-dealkylation sites (tertiary alicyclic amines) is 3. The fraction of sp³-hybridized carbons (Fsp3) is 0.685. The van der Waals surface area contributed by atoms with Gasteiger partial charge in [0.2, 0.25) is 53.9 Å². The molecule has 13 N–H and O–H groups in total. The van der Waals surface area contributed by atoms with Crippen molar-refractivity contribution < 1.29 is 157 Å². The number of carboxylic acids is 2. The Hall–Kier alpha value is -8.17. The van der Waals surface area contributed by atoms with Crippen molar-refractivity contribution in [3.8, 4) is 11.5 Å². The van der Waals surface area contributed by atoms with E-state index in [1.54, 1.807) is 84.9 Å². The molecule has 642 valence electrons. The number of imide groups is 1. The van der Waals surface area contributed by atoms with Crippen LogP contribution in [-0.4, -0.2) is 296 Å². The van der Waals surface area contributed by atoms with Crippen molar-refractivity contribution in [1.29, 1.82) is 0 Å². The molecule has 1 unspecified atom stereocenters. The number of ether oxygens (including phenoxy) is 8. The molecule has 5 heterocycles. The number of amides is 7. The fourth-order valence-electron chi connectivity index (χ4n) is 12.2. The molecule has 0 aromatic heterocycles. The zero-order chi connectivity index (χ0) is 85.5. The molecule has 0 spiro atoms. The Kier molecular flexibility index (Phi) is 37.0. The number of benzene rings is 2. The largest absolute Gasteiger partial charge is 0.479 e. The normalized spacial score (nSPS) is 25.2. The highest BCUT2D eigenvalue weighted by atomic mass is 32.2. The van der Waals surface area contributed by atoms with Crippen LogP contribution in [0.2, 0.25) is 0 Å². The van der Waals surface area contributed by atoms with E-state index in [0.29, 0.717) is 67.2 Å². The molecule has 114 heavy (non-hydrogen) atoms. The van der Waals surface area contributed by atoms with Gasteiger partial charge < -0.3 is 104 Å². The highest BCUT2D eigenvalue weighted by Gasteiger charge is 2.52. The van der Waals surface area contributed by atoms with Gasteiger partial charge in [-0.1, -0.05) is 52.0 Å². The summed E-state index contributed by atoms with van der Waals surface area (Å²) in [6.07, 6.45) is -14.8. The molecule has 39 nitrogen and oxygen atoms in total. The Morgan fingerprint density at radius 3 is 1.35 bits per heavy atom. The van der Waals surface area contributed by atoms with Gasteiger partial charge in [-0.25, -0.2) is 9.59 Å². The lowest BCUT2D eigenvalue weighted by Crippen LogP contribution is -2.61. The molecule has 7 rings (SSSR count). The van der Waals surface area contributed by atoms with Crippen molar-refractivity contribution in [2.24, 2.45) is 16.7 Å². The van der Waals surface area contributed by atoms with Gasteiger partial charge in [0, 0.05) is 43.0 Å². The molecule has 2 aromatic rings. The summed E-state index contributed by atoms with van der Waals surface area (Å²) in [5, 5.41) is 88.7. The second-order valence-corrected chi connectivity index (χ2v) is 33.0. The van der Waals surface area contributed by atoms with Crippen molar-refractivity contribution in [3.63, 3.8) is 0 Å². The van der Waals surface area contributed by atoms with Crippen LogP contribution in [0.1, 0.15) is 149 Å². The van der Waals surface area contributed by atoms with E-state index in [-0.39, 0.29) is 102 Å². The summed E-state index contributed by atoms with van der Waals surface area (Å²) >= 11 is 0. The molecule has 5 fully saturated rings. The Morgan fingerprint density at radius 2 is 0.974 bits per heavy atom. The number of hydrogen-bond acceptors (Lipinski definition) is 29. The average Bonchev–Trinajstić information content (AvgIpc) is 1.53. The number of carbonyl (C=O) groups excluding carboxylic acids is 9. The number of aliphatic hydroxyl groups excluding tert-OH is 6. The molecule has 0 bridgehead atoms. The van der Waals surface area contributed by atoms with Crippen LogP contribution in [0.3, 0.4) is 0 Å². The number of carbonyl (C=O) groups is 11. The molecule has 5 saturated heterocycles. The van der Waals surface area contributed by atoms with Crippen LogP contribution in [-0.2, 0) is 127 Å². The molecule has 5 aliphatic heterocycles. The first-order valence-electron chi connectivity index (χ1n) is 37.4. The lowest BCUT2D eigenvalue weighted by atomic mass is 9.97. The number of rotatable bonds is 38. The second kappa shape index (κ2) is 43.7. The lowest BCUT2D eigenvalue weighted by Gasteiger charge is -2.38. The van der Waals surface area contributed by atoms with Crippen molar-refractivity contribution in [2.45, 2.75) is 239 Å². The van der Waals surface area contributed by atoms with Crippen LogP contribution in [0.5, 0.6) is 11.5 Å². The quantitative estimate of drug-likeness (QED) is 0.0167. The highest BCUT2D eigenvalue weighted by molar-refractivity contribution is 7.86. The lowest BCUT2D eigenvalue weighted by molar-refractivity contribution is -0.271. The van der Waals surface area contributed by atoms with Gasteiger partial charge in [-0.15, -0.1) is 0 Å². The number of hydrogen-bond donors (Lipinski definition) is 13. The molecule has 0 saturated carbocycles. The van der Waals surface area contributed by atoms with Crippen molar-refractivity contribution in [3.05, 3.63) is 58.7 Å². The van der Waals surface area contributed by atoms with Crippen LogP contribution in [0.25, 0.3) is 0 Å². The monoisotopic (exact) mass is 1660 g/mol. The summed E-state index contributed by atoms with van der Waals surface area (Å²) in [4.78, 5) is 141. The minimum Gasteiger partial charge on any atom is -0.479 e. The number of nitrogens with one attached hydrogen (secondary N) is 3. The van der Waals surface area contributed by atoms with E-state index in [4.69, 9.17) is 47.0 Å². The number of aliphatic carboxylic acids is 2. The van der Waals surface area contributed by atoms with Crippen molar-refractivity contribution >= 4 is 85.5 Å². The summed E-state index contributed by atoms with van der Waals surface area (Å²) < 4.78 is 106. The first-order valence-corrected chi connectivity index (χ1v) is 40.6. The van der Waals surface area contributed by atoms with E-state index in [0.717, 1.165) is 4.90 Å². The van der Waals surface area contributed by atoms with Crippen LogP contribution in [0.15, 0.2) is 36.4 Å². The average molecular weight is 1660 g/mol. The summed E-state index contributed by atoms with van der Waals surface area (Å²) in [6, 6.07) is 6.40. The number of aryl methyl sites for hydroxylation is 2. The van der Waals surface area contributed by atoms with E-state index in [1.165, 1.54) is 9.80 Å². The summed E-state index contributed by atoms with van der Waals surface area (Å²) in [6.45, 7) is 15.5. The van der Waals surface area contributed by atoms with Gasteiger partial charge in [0.1, 0.15) is 73.4 Å². The van der Waals surface area contributed by atoms with Crippen LogP contribution >= 0.6 is 0 Å². The predicted octanol–water partition coefficient (Wildman–Crippen LogP) is -0.943. The van der Waals surface area contributed by atoms with Gasteiger partial charge in [-0.3, -0.25) is 57.2 Å². The van der Waals surface area contributed by atoms with E-state index in [1.807, 2.05) is 20.8 Å². The third-order valence-corrected chi connectivity index (χ3v) is 19.9. The molecular formula is C73H110N6O33S2. The predicted molar refractivity (Wildman–Crippen MR) is 395 cm³/mol. The maximum atomic E-state index is 13.5. The topological polar surface area (TPSA) is 578 Å². The molecule has 41 heteroatoms. The summed E-state index contributed by atoms with van der Waals surface area (Å²) in [5.74, 6) is -9.45. The van der Waals surface area contributed by atoms with Gasteiger partial charge in [0.25, 0.3) is 20.2 Å². The molecule has 15 atom stereocenters. The number of aliphatic hydroxyl groups is 6. The van der Waals surface area contributed by atoms with Gasteiger partial charge in [0.05, 0.1) is 73.9 Å². The van der Waals surface area contributed by atoms with Crippen LogP contribution < -0.4 is 25.4 Å². The van der Waals surface area contributed by atoms with Gasteiger partial charge >= 0.3 is 23.9 Å². The van der Waals surface area contributed by atoms with E-state index >= 15 is 0 Å². The second-order valence-electron chi connectivity index (χ2n) is 29.9. The first-order chi connectivity index (χ1) is 53.3. The van der Waals surface area contributed by atoms with E-state index < -0.39 is 200 Å². The Bertz CT molecular complexity index is 3890. The van der Waals surface area contributed by atoms with Gasteiger partial charge in [-0.2, -0.15) is 16.8 Å². The fourth-order valence-corrected chi connectivity index (χ4v) is 12.9. The van der Waals surface area contributed by atoms with Crippen molar-refractivity contribution in [1.82, 2.24) is 30.7 Å². The summed E-state index contributed by atoms with van der Waals surface area (Å²) in [5.41, 5.74) is 0.453. The van der Waals surface area contributed by atoms with E-state index in [2.05, 4.69) is 16.0 Å². The molecule has 2 aromatic carbocycles. The maximum absolute atomic E-state index is 13.5. The Balaban J connectivity index is 0.000000399. The molecule has 5 aliphatic rings. The molecular weight excluding hydrogens is 1550 g/mol. The maximum Gasteiger partial charge on any atom is 0.335 e. The Morgan fingerprint density at radius 1 is 0.561 bits per heavy atom. The molecule has 0 aliphatic carbocycles. The highest BCUT2D eigenvalue weighted by Crippen LogP contribution is 2.34. The van der Waals surface area contributed by atoms with Crippen LogP contribution in [0.4, 0.5) is 0 Å². The smallest absolute Gasteiger partial charge is 0.335 e. The van der Waals surface area contributed by atoms with Crippen molar-refractivity contribution in [2.75, 3.05) is 64.1 Å². The Labute approximate surface area is 660 Å². The van der Waals surface area contributed by atoms with E-state index in [9.17, 15) is 110 Å². The first kappa shape index (κ1) is 96.4. The third kappa shape index (κ3) is 28.9. The zero-order valence-electron chi connectivity index (χ0n) is 65.4. The summed E-state index contributed by atoms with van der Waals surface area (Å²) in [7, 11) is -8.56. The number of esters is 2. The minimum atomic E-state index is -4.31. The van der Waals surface area contributed by atoms with Crippen LogP contribution in [0, 0.1) is 16.7 Å². The van der Waals surface area contributed by atoms with Gasteiger partial charge in [0.15, 0.2) is 12.2 Å². The third-order valence-electron chi connectivity index (χ3n) is 18.5. The number of carboxylic acid groups (broad SMARTS) is 2. The number of unbranched alkanes of at least 4 members (excludes halogenated alkanes) is 2. The number of nitrogens with zero attached hydrogens (tertiary/aromatic N) is 3. The molecule has 7 amide bonds. The molecule has 0 radical (unpaired) electrons. The SMILES string of the molecule is CC.CC1CC(=O)N([C@H]2C[C@@H](COCCS(=O)(=O)O)N(CC(=O)NCCCCc3ccc(COC(=O)C(C)(C)C)c(O[C@@H]4O[C@H](C(=O)O)[C@@H](O)[C@H](O)[C@H]4O)c3)C2=O)C1=O.CCCC(=O)N[C@H]1C[C@@H](COCCS(=O)(=O)O)N(CC(=O)NCCCCc2ccc(COC(=O)C(C)(C)C)c(O[C@@H]3O[C@H](C(=O)O)[C@@H](O)[C@H](O)[C@H]3O)c2)C1=O. The standard InChI is InChI=1S/C36H51N3O17S.C35H53N3O16S.C2H6/c1-19-13-26(41)39(31(19)45)23-15-22(18-53-11-12-57(50,51)52)38(32(23)46)16-25(40)37-10-6-5-7-20-8-9-21(17-54-35(49)36(2,3)4)24(14-20)55-34-29(44)27(42)28(43)30(56-34)33(47)48;1-5-8-25(39)37-23-16-22(19-51-13-14-55(48,49)50)38(31(23)44)17-26(40)36-12-7-6-9-20-10-11-21(18-52-34(47)35(2,3)4)24(15-20)53-33-29(43)27(41)28(42)30(54-33)32(45)46;1-2/h8-9,14,19,22-23,27-30,34,42-44H,5-7,10-13,15-18H2,1-4H3,(H,37,40)(H,47,48)(H,50,51,52);10-11,15,22-23,27-30,33,41-43H,5-9,12-14,16-19H2,1-4H3,(H,36,40)(H,37,39)(H,45,46)(H,48,49,50);1-2H3/t19?,22-,23-,27-,28-,29+,30-,34+;22-,23-,27-,28-,29+,30-,33+;/m00./s1.